The van der Waals surface area contributed by atoms with Gasteiger partial charge in [-0.2, -0.15) is 0 Å². The molecule has 0 radical (unpaired) electrons. The van der Waals surface area contributed by atoms with Gasteiger partial charge in [0.15, 0.2) is 6.10 Å². The van der Waals surface area contributed by atoms with Crippen molar-refractivity contribution in [1.82, 2.24) is 0 Å². The van der Waals surface area contributed by atoms with Crippen molar-refractivity contribution in [3.63, 3.8) is 0 Å². The molecule has 1 atom stereocenters. The Kier molecular flexibility index (Phi) is 7.40. The molecule has 0 spiro atoms. The summed E-state index contributed by atoms with van der Waals surface area (Å²) in [5.41, 5.74) is 5.94. The van der Waals surface area contributed by atoms with Gasteiger partial charge in [-0.15, -0.1) is 11.8 Å². The van der Waals surface area contributed by atoms with E-state index in [-0.39, 0.29) is 16.9 Å². The lowest BCUT2D eigenvalue weighted by Crippen LogP contribution is -2.25. The van der Waals surface area contributed by atoms with Gasteiger partial charge in [-0.05, 0) is 43.3 Å². The Morgan fingerprint density at radius 2 is 1.72 bits per heavy atom. The smallest absolute Gasteiger partial charge is 0.339 e. The molecule has 8 nitrogen and oxygen atoms in total. The molecule has 1 unspecified atom stereocenters. The number of benzene rings is 2. The number of hydrogen-bond donors (Lipinski definition) is 2. The first-order chi connectivity index (χ1) is 13.6. The summed E-state index contributed by atoms with van der Waals surface area (Å²) < 4.78 is 30.0. The van der Waals surface area contributed by atoms with Crippen molar-refractivity contribution in [3.05, 3.63) is 59.7 Å². The van der Waals surface area contributed by atoms with Gasteiger partial charge in [0.25, 0.3) is 0 Å². The van der Waals surface area contributed by atoms with E-state index in [1.165, 1.54) is 37.3 Å². The van der Waals surface area contributed by atoms with Crippen molar-refractivity contribution in [3.8, 4) is 0 Å². The van der Waals surface area contributed by atoms with E-state index in [4.69, 9.17) is 10.5 Å². The van der Waals surface area contributed by atoms with Crippen LogP contribution in [0.3, 0.4) is 0 Å². The Morgan fingerprint density at radius 3 is 2.31 bits per heavy atom. The molecular weight excluding hydrogens is 416 g/mol. The highest BCUT2D eigenvalue weighted by Gasteiger charge is 2.22. The standard InChI is InChI=1S/C19H20N2O6S2/c1-12(18(23)13-7-9-14(10-8-13)21-29(2,25)26)27-19(24)15-5-3-4-6-16(15)28-11-17(20)22/h3-10,12,21H,11H2,1-2H3,(H2,20,22). The number of hydrogen-bond acceptors (Lipinski definition) is 7. The van der Waals surface area contributed by atoms with Crippen LogP contribution in [0.15, 0.2) is 53.4 Å². The van der Waals surface area contributed by atoms with Crippen LogP contribution in [0.1, 0.15) is 27.6 Å². The van der Waals surface area contributed by atoms with Crippen molar-refractivity contribution in [2.24, 2.45) is 5.73 Å². The molecule has 29 heavy (non-hydrogen) atoms. The molecule has 2 aromatic carbocycles. The second kappa shape index (κ2) is 9.57. The Bertz CT molecular complexity index is 1020. The van der Waals surface area contributed by atoms with Crippen LogP contribution >= 0.6 is 11.8 Å². The van der Waals surface area contributed by atoms with E-state index >= 15 is 0 Å². The van der Waals surface area contributed by atoms with E-state index < -0.39 is 33.8 Å². The summed E-state index contributed by atoms with van der Waals surface area (Å²) in [5, 5.41) is 0. The summed E-state index contributed by atoms with van der Waals surface area (Å²) in [4.78, 5) is 36.5. The zero-order chi connectivity index (χ0) is 21.6. The molecule has 0 aliphatic heterocycles. The Morgan fingerprint density at radius 1 is 1.10 bits per heavy atom. The van der Waals surface area contributed by atoms with E-state index in [1.807, 2.05) is 0 Å². The maximum Gasteiger partial charge on any atom is 0.339 e. The third-order valence-corrected chi connectivity index (χ3v) is 5.30. The lowest BCUT2D eigenvalue weighted by molar-refractivity contribution is -0.115. The monoisotopic (exact) mass is 436 g/mol. The van der Waals surface area contributed by atoms with E-state index in [0.29, 0.717) is 10.6 Å². The van der Waals surface area contributed by atoms with Crippen LogP contribution in [-0.4, -0.2) is 44.2 Å². The predicted molar refractivity (Wildman–Crippen MR) is 110 cm³/mol. The summed E-state index contributed by atoms with van der Waals surface area (Å²) in [5.74, 6) is -1.65. The molecule has 0 bridgehead atoms. The largest absolute Gasteiger partial charge is 0.451 e. The number of anilines is 1. The molecule has 0 fully saturated rings. The fraction of sp³-hybridized carbons (Fsp3) is 0.211. The second-order valence-corrected chi connectivity index (χ2v) is 8.88. The lowest BCUT2D eigenvalue weighted by atomic mass is 10.1. The van der Waals surface area contributed by atoms with Gasteiger partial charge in [0.1, 0.15) is 0 Å². The number of carbonyl (C=O) groups is 3. The number of carbonyl (C=O) groups excluding carboxylic acids is 3. The van der Waals surface area contributed by atoms with Crippen LogP contribution in [0.5, 0.6) is 0 Å². The number of sulfonamides is 1. The molecule has 154 valence electrons. The molecule has 10 heteroatoms. The molecule has 0 saturated heterocycles. The highest BCUT2D eigenvalue weighted by atomic mass is 32.2. The molecule has 0 aliphatic carbocycles. The van der Waals surface area contributed by atoms with Crippen molar-refractivity contribution >= 4 is 45.1 Å². The van der Waals surface area contributed by atoms with Crippen LogP contribution in [0.2, 0.25) is 0 Å². The lowest BCUT2D eigenvalue weighted by Gasteiger charge is -2.14. The van der Waals surface area contributed by atoms with Gasteiger partial charge < -0.3 is 10.5 Å². The number of esters is 1. The first-order valence-electron chi connectivity index (χ1n) is 8.40. The Labute approximate surface area is 172 Å². The molecule has 3 N–H and O–H groups in total. The predicted octanol–water partition coefficient (Wildman–Crippen LogP) is 2.06. The van der Waals surface area contributed by atoms with Gasteiger partial charge in [-0.1, -0.05) is 12.1 Å². The van der Waals surface area contributed by atoms with Crippen LogP contribution < -0.4 is 10.5 Å². The number of nitrogens with one attached hydrogen (secondary N) is 1. The number of Topliss-reactive ketones (excluding diaryl/α,β-unsaturated/α-hetero) is 1. The third-order valence-electron chi connectivity index (χ3n) is 3.60. The van der Waals surface area contributed by atoms with E-state index in [2.05, 4.69) is 4.72 Å². The molecule has 2 rings (SSSR count). The average Bonchev–Trinajstić information content (AvgIpc) is 2.65. The molecule has 0 saturated carbocycles. The summed E-state index contributed by atoms with van der Waals surface area (Å²) in [6.07, 6.45) is -0.0434. The number of thioether (sulfide) groups is 1. The zero-order valence-electron chi connectivity index (χ0n) is 15.7. The SMILES string of the molecule is CC(OC(=O)c1ccccc1SCC(N)=O)C(=O)c1ccc(NS(C)(=O)=O)cc1. The molecule has 0 aromatic heterocycles. The maximum atomic E-state index is 12.5. The van der Waals surface area contributed by atoms with Crippen molar-refractivity contribution in [1.29, 1.82) is 0 Å². The van der Waals surface area contributed by atoms with Crippen LogP contribution in [0.4, 0.5) is 5.69 Å². The summed E-state index contributed by atoms with van der Waals surface area (Å²) in [6, 6.07) is 12.3. The van der Waals surface area contributed by atoms with Gasteiger partial charge in [-0.3, -0.25) is 14.3 Å². The molecule has 0 heterocycles. The number of ketones is 1. The van der Waals surface area contributed by atoms with Crippen LogP contribution in [-0.2, 0) is 19.6 Å². The maximum absolute atomic E-state index is 12.5. The molecule has 0 aliphatic rings. The number of rotatable bonds is 9. The molecular formula is C19H20N2O6S2. The van der Waals surface area contributed by atoms with E-state index in [0.717, 1.165) is 18.0 Å². The molecule has 1 amide bonds. The number of ether oxygens (including phenoxy) is 1. The van der Waals surface area contributed by atoms with Crippen LogP contribution in [0, 0.1) is 0 Å². The van der Waals surface area contributed by atoms with Gasteiger partial charge in [0.2, 0.25) is 21.7 Å². The first-order valence-corrected chi connectivity index (χ1v) is 11.3. The Hall–Kier alpha value is -2.85. The summed E-state index contributed by atoms with van der Waals surface area (Å²) in [6.45, 7) is 1.45. The minimum Gasteiger partial charge on any atom is -0.451 e. The topological polar surface area (TPSA) is 133 Å². The Balaban J connectivity index is 2.08. The fourth-order valence-electron chi connectivity index (χ4n) is 2.34. The quantitative estimate of drug-likeness (QED) is 0.349. The van der Waals surface area contributed by atoms with Gasteiger partial charge in [0.05, 0.1) is 17.6 Å². The number of primary amides is 1. The minimum atomic E-state index is -3.42. The van der Waals surface area contributed by atoms with Crippen LogP contribution in [0.25, 0.3) is 0 Å². The first kappa shape index (κ1) is 22.4. The highest BCUT2D eigenvalue weighted by Crippen LogP contribution is 2.24. The summed E-state index contributed by atoms with van der Waals surface area (Å²) in [7, 11) is -3.42. The van der Waals surface area contributed by atoms with E-state index in [9.17, 15) is 22.8 Å². The van der Waals surface area contributed by atoms with Gasteiger partial charge >= 0.3 is 5.97 Å². The van der Waals surface area contributed by atoms with Crippen molar-refractivity contribution in [2.75, 3.05) is 16.7 Å². The number of amides is 1. The van der Waals surface area contributed by atoms with Gasteiger partial charge in [-0.25, -0.2) is 13.2 Å². The number of nitrogens with two attached hydrogens (primary N) is 1. The van der Waals surface area contributed by atoms with Gasteiger partial charge in [0, 0.05) is 16.1 Å². The highest BCUT2D eigenvalue weighted by molar-refractivity contribution is 8.00. The zero-order valence-corrected chi connectivity index (χ0v) is 17.4. The second-order valence-electron chi connectivity index (χ2n) is 6.11. The average molecular weight is 437 g/mol. The van der Waals surface area contributed by atoms with E-state index in [1.54, 1.807) is 18.2 Å². The fourth-order valence-corrected chi connectivity index (χ4v) is 3.68. The summed E-state index contributed by atoms with van der Waals surface area (Å²) >= 11 is 1.11. The minimum absolute atomic E-state index is 0.00659. The molecule has 2 aromatic rings. The normalized spacial score (nSPS) is 12.1. The third kappa shape index (κ3) is 6.91. The van der Waals surface area contributed by atoms with Crippen molar-refractivity contribution in [2.45, 2.75) is 17.9 Å². The van der Waals surface area contributed by atoms with Crippen molar-refractivity contribution < 1.29 is 27.5 Å².